The monoisotopic (exact) mass is 384 g/mol. The highest BCUT2D eigenvalue weighted by atomic mass is 16.6. The molecule has 5 atom stereocenters. The van der Waals surface area contributed by atoms with Crippen molar-refractivity contribution in [3.05, 3.63) is 59.7 Å². The lowest BCUT2D eigenvalue weighted by molar-refractivity contribution is -0.141. The van der Waals surface area contributed by atoms with Gasteiger partial charge in [-0.05, 0) is 38.8 Å². The third-order valence-corrected chi connectivity index (χ3v) is 5.39. The zero-order valence-electron chi connectivity index (χ0n) is 16.4. The largest absolute Gasteiger partial charge is 0.462 e. The fourth-order valence-electron chi connectivity index (χ4n) is 3.97. The average molecular weight is 384 g/mol. The van der Waals surface area contributed by atoms with E-state index in [9.17, 15) is 14.7 Å². The van der Waals surface area contributed by atoms with Crippen molar-refractivity contribution in [2.45, 2.75) is 57.8 Å². The molecule has 2 aliphatic rings. The van der Waals surface area contributed by atoms with E-state index in [1.54, 1.807) is 30.3 Å². The van der Waals surface area contributed by atoms with Crippen LogP contribution in [-0.4, -0.2) is 35.4 Å². The topological polar surface area (TPSA) is 72.8 Å². The van der Waals surface area contributed by atoms with Crippen LogP contribution < -0.4 is 0 Å². The average Bonchev–Trinajstić information content (AvgIpc) is 3.16. The molecule has 0 bridgehead atoms. The van der Waals surface area contributed by atoms with Crippen LogP contribution in [0.4, 0.5) is 0 Å². The molecule has 150 valence electrons. The maximum Gasteiger partial charge on any atom is 0.338 e. The summed E-state index contributed by atoms with van der Waals surface area (Å²) in [5.74, 6) is -0.728. The van der Waals surface area contributed by atoms with Crippen molar-refractivity contribution in [1.82, 2.24) is 0 Å². The Morgan fingerprint density at radius 2 is 2.07 bits per heavy atom. The summed E-state index contributed by atoms with van der Waals surface area (Å²) >= 11 is 0. The fourth-order valence-corrected chi connectivity index (χ4v) is 3.97. The Balaban J connectivity index is 1.67. The van der Waals surface area contributed by atoms with Crippen LogP contribution in [0.25, 0.3) is 0 Å². The second kappa shape index (κ2) is 9.20. The number of aliphatic hydroxyl groups is 1. The van der Waals surface area contributed by atoms with Gasteiger partial charge in [0.15, 0.2) is 0 Å². The van der Waals surface area contributed by atoms with Crippen LogP contribution in [0.2, 0.25) is 0 Å². The molecule has 1 aliphatic carbocycles. The smallest absolute Gasteiger partial charge is 0.338 e. The van der Waals surface area contributed by atoms with Gasteiger partial charge in [-0.2, -0.15) is 0 Å². The number of ether oxygens (including phenoxy) is 2. The van der Waals surface area contributed by atoms with E-state index in [1.165, 1.54) is 5.57 Å². The molecule has 0 radical (unpaired) electrons. The number of aliphatic hydroxyl groups excluding tert-OH is 1. The van der Waals surface area contributed by atoms with E-state index in [4.69, 9.17) is 9.47 Å². The van der Waals surface area contributed by atoms with Gasteiger partial charge < -0.3 is 14.6 Å². The highest BCUT2D eigenvalue weighted by molar-refractivity contribution is 5.89. The van der Waals surface area contributed by atoms with Gasteiger partial charge in [-0.15, -0.1) is 0 Å². The molecular weight excluding hydrogens is 356 g/mol. The van der Waals surface area contributed by atoms with Gasteiger partial charge in [0.2, 0.25) is 0 Å². The lowest BCUT2D eigenvalue weighted by Gasteiger charge is -2.20. The van der Waals surface area contributed by atoms with Crippen molar-refractivity contribution in [3.63, 3.8) is 0 Å². The lowest BCUT2D eigenvalue weighted by Crippen LogP contribution is -2.25. The Hall–Kier alpha value is -2.40. The summed E-state index contributed by atoms with van der Waals surface area (Å²) in [6.45, 7) is 4.06. The standard InChI is InChI=1S/C23H28O5/c1-15(2)7-6-10-17(24)11-12-18-19-13-22(25)27-21(19)14-20(18)28-23(26)16-8-4-3-5-9-16/h3-5,7-9,11-12,17-21,24H,6,10,13-14H2,1-2H3/b12-11+/t17-,18+,19+,20?,21-/m0/s1. The van der Waals surface area contributed by atoms with Crippen molar-refractivity contribution < 1.29 is 24.2 Å². The third-order valence-electron chi connectivity index (χ3n) is 5.39. The first-order valence-corrected chi connectivity index (χ1v) is 9.89. The van der Waals surface area contributed by atoms with Gasteiger partial charge in [0.05, 0.1) is 18.1 Å². The molecule has 1 unspecified atom stereocenters. The minimum atomic E-state index is -0.571. The van der Waals surface area contributed by atoms with Gasteiger partial charge in [-0.3, -0.25) is 4.79 Å². The summed E-state index contributed by atoms with van der Waals surface area (Å²) in [6.07, 6.45) is 6.86. The molecule has 1 N–H and O–H groups in total. The lowest BCUT2D eigenvalue weighted by atomic mass is 9.91. The molecule has 5 heteroatoms. The number of rotatable bonds is 7. The summed E-state index contributed by atoms with van der Waals surface area (Å²) in [4.78, 5) is 24.1. The molecule has 1 saturated heterocycles. The van der Waals surface area contributed by atoms with Crippen molar-refractivity contribution in [2.75, 3.05) is 0 Å². The Bertz CT molecular complexity index is 748. The van der Waals surface area contributed by atoms with Gasteiger partial charge >= 0.3 is 11.9 Å². The van der Waals surface area contributed by atoms with E-state index < -0.39 is 6.10 Å². The summed E-state index contributed by atoms with van der Waals surface area (Å²) in [7, 11) is 0. The first-order chi connectivity index (χ1) is 13.4. The van der Waals surface area contributed by atoms with E-state index in [2.05, 4.69) is 6.08 Å². The van der Waals surface area contributed by atoms with Crippen LogP contribution in [-0.2, 0) is 14.3 Å². The van der Waals surface area contributed by atoms with E-state index in [-0.39, 0.29) is 36.0 Å². The molecule has 2 fully saturated rings. The van der Waals surface area contributed by atoms with Crippen LogP contribution in [0.15, 0.2) is 54.1 Å². The van der Waals surface area contributed by atoms with Crippen LogP contribution in [0.5, 0.6) is 0 Å². The molecule has 1 heterocycles. The highest BCUT2D eigenvalue weighted by Crippen LogP contribution is 2.43. The van der Waals surface area contributed by atoms with Crippen molar-refractivity contribution in [2.24, 2.45) is 11.8 Å². The van der Waals surface area contributed by atoms with Gasteiger partial charge in [-0.25, -0.2) is 4.79 Å². The molecular formula is C23H28O5. The van der Waals surface area contributed by atoms with E-state index >= 15 is 0 Å². The maximum absolute atomic E-state index is 12.5. The normalized spacial score (nSPS) is 27.3. The predicted molar refractivity (Wildman–Crippen MR) is 106 cm³/mol. The first-order valence-electron chi connectivity index (χ1n) is 9.89. The Kier molecular flexibility index (Phi) is 6.68. The molecule has 1 aliphatic heterocycles. The Labute approximate surface area is 166 Å². The summed E-state index contributed by atoms with van der Waals surface area (Å²) in [5, 5.41) is 10.2. The number of esters is 2. The SMILES string of the molecule is CC(C)=CCC[C@H](O)/C=C/[C@H]1C(OC(=O)c2ccccc2)C[C@@H]2OC(=O)C[C@@H]21. The molecule has 0 spiro atoms. The third kappa shape index (κ3) is 5.10. The maximum atomic E-state index is 12.5. The molecule has 0 aromatic heterocycles. The number of hydrogen-bond donors (Lipinski definition) is 1. The quantitative estimate of drug-likeness (QED) is 0.571. The van der Waals surface area contributed by atoms with Crippen molar-refractivity contribution in [1.29, 1.82) is 0 Å². The number of allylic oxidation sites excluding steroid dienone is 2. The zero-order valence-corrected chi connectivity index (χ0v) is 16.4. The van der Waals surface area contributed by atoms with E-state index in [1.807, 2.05) is 26.0 Å². The first kappa shape index (κ1) is 20.3. The molecule has 1 aromatic rings. The van der Waals surface area contributed by atoms with Crippen LogP contribution in [0, 0.1) is 11.8 Å². The van der Waals surface area contributed by atoms with Crippen molar-refractivity contribution >= 4 is 11.9 Å². The fraction of sp³-hybridized carbons (Fsp3) is 0.478. The predicted octanol–water partition coefficient (Wildman–Crippen LogP) is 3.83. The number of carbonyl (C=O) groups is 2. The van der Waals surface area contributed by atoms with Crippen LogP contribution >= 0.6 is 0 Å². The van der Waals surface area contributed by atoms with E-state index in [0.717, 1.165) is 6.42 Å². The van der Waals surface area contributed by atoms with E-state index in [0.29, 0.717) is 24.8 Å². The molecule has 1 aromatic carbocycles. The molecule has 28 heavy (non-hydrogen) atoms. The zero-order chi connectivity index (χ0) is 20.1. The minimum Gasteiger partial charge on any atom is -0.462 e. The molecule has 0 amide bonds. The summed E-state index contributed by atoms with van der Waals surface area (Å²) < 4.78 is 11.2. The minimum absolute atomic E-state index is 0.0118. The molecule has 1 saturated carbocycles. The van der Waals surface area contributed by atoms with Gasteiger partial charge in [0, 0.05) is 18.3 Å². The number of benzene rings is 1. The Morgan fingerprint density at radius 3 is 2.79 bits per heavy atom. The number of carbonyl (C=O) groups excluding carboxylic acids is 2. The van der Waals surface area contributed by atoms with Gasteiger partial charge in [-0.1, -0.05) is 42.0 Å². The number of fused-ring (bicyclic) bond motifs is 1. The highest BCUT2D eigenvalue weighted by Gasteiger charge is 2.50. The molecule has 3 rings (SSSR count). The molecule has 5 nitrogen and oxygen atoms in total. The number of hydrogen-bond acceptors (Lipinski definition) is 5. The van der Waals surface area contributed by atoms with Crippen LogP contribution in [0.3, 0.4) is 0 Å². The van der Waals surface area contributed by atoms with Crippen LogP contribution in [0.1, 0.15) is 49.9 Å². The second-order valence-corrected chi connectivity index (χ2v) is 7.83. The second-order valence-electron chi connectivity index (χ2n) is 7.83. The van der Waals surface area contributed by atoms with Gasteiger partial charge in [0.25, 0.3) is 0 Å². The van der Waals surface area contributed by atoms with Crippen molar-refractivity contribution in [3.8, 4) is 0 Å². The Morgan fingerprint density at radius 1 is 1.32 bits per heavy atom. The summed E-state index contributed by atoms with van der Waals surface area (Å²) in [6, 6.07) is 8.87. The summed E-state index contributed by atoms with van der Waals surface area (Å²) in [5.41, 5.74) is 1.73. The van der Waals surface area contributed by atoms with Gasteiger partial charge in [0.1, 0.15) is 12.2 Å².